The number of amides is 1. The molecule has 0 radical (unpaired) electrons. The van der Waals surface area contributed by atoms with E-state index in [1.165, 1.54) is 0 Å². The van der Waals surface area contributed by atoms with Crippen LogP contribution >= 0.6 is 12.4 Å². The maximum absolute atomic E-state index is 12.9. The molecular weight excluding hydrogens is 254 g/mol. The number of nitrogens with one attached hydrogen (secondary N) is 1. The van der Waals surface area contributed by atoms with E-state index < -0.39 is 24.9 Å². The van der Waals surface area contributed by atoms with Crippen molar-refractivity contribution in [2.75, 3.05) is 26.2 Å². The van der Waals surface area contributed by atoms with Gasteiger partial charge in [0.1, 0.15) is 0 Å². The maximum Gasteiger partial charge on any atom is 0.262 e. The number of carbonyl (C=O) groups excluding carboxylic acids is 1. The predicted molar refractivity (Wildman–Crippen MR) is 60.6 cm³/mol. The third kappa shape index (κ3) is 3.50. The van der Waals surface area contributed by atoms with Crippen LogP contribution in [0.3, 0.4) is 0 Å². The molecule has 2 unspecified atom stereocenters. The fourth-order valence-electron chi connectivity index (χ4n) is 2.13. The van der Waals surface area contributed by atoms with Gasteiger partial charge in [0.05, 0.1) is 25.3 Å². The summed E-state index contributed by atoms with van der Waals surface area (Å²) in [6.45, 7) is 2.94. The van der Waals surface area contributed by atoms with Crippen molar-refractivity contribution < 1.29 is 18.3 Å². The molecule has 2 fully saturated rings. The van der Waals surface area contributed by atoms with Gasteiger partial charge in [0.2, 0.25) is 5.91 Å². The molecule has 100 valence electrons. The number of alkyl halides is 2. The number of ether oxygens (including phenoxy) is 1. The highest BCUT2D eigenvalue weighted by atomic mass is 35.5. The fourth-order valence-corrected chi connectivity index (χ4v) is 2.13. The molecule has 7 heteroatoms. The summed E-state index contributed by atoms with van der Waals surface area (Å²) in [4.78, 5) is 13.5. The first-order valence-corrected chi connectivity index (χ1v) is 5.49. The van der Waals surface area contributed by atoms with Crippen LogP contribution in [0, 0.1) is 0 Å². The van der Waals surface area contributed by atoms with Gasteiger partial charge in [-0.3, -0.25) is 10.1 Å². The van der Waals surface area contributed by atoms with Crippen LogP contribution in [-0.4, -0.2) is 55.1 Å². The van der Waals surface area contributed by atoms with Gasteiger partial charge in [0.15, 0.2) is 0 Å². The van der Waals surface area contributed by atoms with Crippen LogP contribution in [-0.2, 0) is 9.53 Å². The Labute approximate surface area is 105 Å². The van der Waals surface area contributed by atoms with Crippen molar-refractivity contribution in [2.24, 2.45) is 0 Å². The van der Waals surface area contributed by atoms with Gasteiger partial charge in [-0.2, -0.15) is 0 Å². The lowest BCUT2D eigenvalue weighted by Gasteiger charge is -2.32. The van der Waals surface area contributed by atoms with E-state index in [4.69, 9.17) is 4.74 Å². The minimum atomic E-state index is -2.75. The Kier molecular flexibility index (Phi) is 4.69. The van der Waals surface area contributed by atoms with Gasteiger partial charge in [-0.1, -0.05) is 0 Å². The lowest BCUT2D eigenvalue weighted by atomic mass is 10.1. The average molecular weight is 271 g/mol. The molecule has 0 saturated carbocycles. The average Bonchev–Trinajstić information content (AvgIpc) is 2.58. The maximum atomic E-state index is 12.9. The summed E-state index contributed by atoms with van der Waals surface area (Å²) in [5.74, 6) is -2.98. The standard InChI is InChI=1S/C10H16F2N2O2.ClH/c1-7-5-14(2-3-16-7)9(15)8-4-10(11,12)6-13-8;/h7-8,13H,2-6H2,1H3;1H. The van der Waals surface area contributed by atoms with Crippen LogP contribution in [0.1, 0.15) is 13.3 Å². The highest BCUT2D eigenvalue weighted by Gasteiger charge is 2.43. The normalized spacial score (nSPS) is 32.1. The monoisotopic (exact) mass is 270 g/mol. The summed E-state index contributed by atoms with van der Waals surface area (Å²) in [6.07, 6.45) is -0.406. The van der Waals surface area contributed by atoms with Gasteiger partial charge in [-0.05, 0) is 6.92 Å². The van der Waals surface area contributed by atoms with Crippen molar-refractivity contribution in [1.29, 1.82) is 0 Å². The third-order valence-corrected chi connectivity index (χ3v) is 2.96. The number of hydrogen-bond donors (Lipinski definition) is 1. The molecule has 2 saturated heterocycles. The molecule has 1 amide bonds. The number of morpholine rings is 1. The molecule has 17 heavy (non-hydrogen) atoms. The van der Waals surface area contributed by atoms with Crippen LogP contribution in [0.4, 0.5) is 8.78 Å². The molecule has 0 aromatic carbocycles. The molecule has 0 spiro atoms. The van der Waals surface area contributed by atoms with E-state index in [9.17, 15) is 13.6 Å². The van der Waals surface area contributed by atoms with Crippen LogP contribution in [0.15, 0.2) is 0 Å². The molecule has 0 aromatic rings. The van der Waals surface area contributed by atoms with E-state index in [2.05, 4.69) is 5.32 Å². The molecule has 0 bridgehead atoms. The summed E-state index contributed by atoms with van der Waals surface area (Å²) in [7, 11) is 0. The van der Waals surface area contributed by atoms with Crippen LogP contribution in [0.2, 0.25) is 0 Å². The molecule has 2 heterocycles. The number of nitrogens with zero attached hydrogens (tertiary/aromatic N) is 1. The van der Waals surface area contributed by atoms with Crippen LogP contribution in [0.25, 0.3) is 0 Å². The van der Waals surface area contributed by atoms with Gasteiger partial charge >= 0.3 is 0 Å². The topological polar surface area (TPSA) is 41.6 Å². The van der Waals surface area contributed by atoms with Crippen molar-refractivity contribution >= 4 is 18.3 Å². The quantitative estimate of drug-likeness (QED) is 0.761. The molecular formula is C10H17ClF2N2O2. The highest BCUT2D eigenvalue weighted by molar-refractivity contribution is 5.85. The Morgan fingerprint density at radius 1 is 1.53 bits per heavy atom. The van der Waals surface area contributed by atoms with E-state index in [0.29, 0.717) is 19.7 Å². The Hall–Kier alpha value is -0.460. The largest absolute Gasteiger partial charge is 0.375 e. The predicted octanol–water partition coefficient (Wildman–Crippen LogP) is 0.653. The highest BCUT2D eigenvalue weighted by Crippen LogP contribution is 2.26. The molecule has 2 rings (SSSR count). The SMILES string of the molecule is CC1CN(C(=O)C2CC(F)(F)CN2)CCO1.Cl. The van der Waals surface area contributed by atoms with Crippen molar-refractivity contribution in [3.63, 3.8) is 0 Å². The molecule has 2 aliphatic rings. The van der Waals surface area contributed by atoms with Crippen molar-refractivity contribution in [1.82, 2.24) is 10.2 Å². The Morgan fingerprint density at radius 2 is 2.24 bits per heavy atom. The van der Waals surface area contributed by atoms with E-state index in [-0.39, 0.29) is 24.4 Å². The first kappa shape index (κ1) is 14.6. The number of halogens is 3. The minimum absolute atomic E-state index is 0. The fraction of sp³-hybridized carbons (Fsp3) is 0.900. The summed E-state index contributed by atoms with van der Waals surface area (Å²) >= 11 is 0. The summed E-state index contributed by atoms with van der Waals surface area (Å²) in [5, 5.41) is 2.58. The minimum Gasteiger partial charge on any atom is -0.375 e. The summed E-state index contributed by atoms with van der Waals surface area (Å²) in [6, 6.07) is -0.736. The van der Waals surface area contributed by atoms with E-state index in [1.807, 2.05) is 6.92 Å². The first-order chi connectivity index (χ1) is 7.48. The summed E-state index contributed by atoms with van der Waals surface area (Å²) in [5.41, 5.74) is 0. The van der Waals surface area contributed by atoms with Gasteiger partial charge in [0.25, 0.3) is 5.92 Å². The zero-order valence-corrected chi connectivity index (χ0v) is 10.4. The second kappa shape index (κ2) is 5.46. The van der Waals surface area contributed by atoms with Gasteiger partial charge in [-0.15, -0.1) is 12.4 Å². The van der Waals surface area contributed by atoms with Crippen molar-refractivity contribution in [3.8, 4) is 0 Å². The Bertz CT molecular complexity index is 287. The van der Waals surface area contributed by atoms with E-state index in [0.717, 1.165) is 0 Å². The number of carbonyl (C=O) groups is 1. The van der Waals surface area contributed by atoms with Crippen LogP contribution in [0.5, 0.6) is 0 Å². The zero-order chi connectivity index (χ0) is 11.8. The van der Waals surface area contributed by atoms with Crippen molar-refractivity contribution in [3.05, 3.63) is 0 Å². The molecule has 2 atom stereocenters. The van der Waals surface area contributed by atoms with E-state index in [1.54, 1.807) is 4.90 Å². The second-order valence-electron chi connectivity index (χ2n) is 4.46. The molecule has 4 nitrogen and oxygen atoms in total. The van der Waals surface area contributed by atoms with Gasteiger partial charge in [0, 0.05) is 19.5 Å². The lowest BCUT2D eigenvalue weighted by molar-refractivity contribution is -0.140. The van der Waals surface area contributed by atoms with Gasteiger partial charge < -0.3 is 9.64 Å². The zero-order valence-electron chi connectivity index (χ0n) is 9.62. The lowest BCUT2D eigenvalue weighted by Crippen LogP contribution is -2.50. The molecule has 0 aliphatic carbocycles. The van der Waals surface area contributed by atoms with Gasteiger partial charge in [-0.25, -0.2) is 8.78 Å². The smallest absolute Gasteiger partial charge is 0.262 e. The number of rotatable bonds is 1. The Balaban J connectivity index is 0.00000144. The first-order valence-electron chi connectivity index (χ1n) is 5.49. The van der Waals surface area contributed by atoms with Crippen molar-refractivity contribution in [2.45, 2.75) is 31.4 Å². The molecule has 1 N–H and O–H groups in total. The molecule has 2 aliphatic heterocycles. The Morgan fingerprint density at radius 3 is 2.76 bits per heavy atom. The summed E-state index contributed by atoms with van der Waals surface area (Å²) < 4.78 is 31.2. The van der Waals surface area contributed by atoms with E-state index >= 15 is 0 Å². The molecule has 0 aromatic heterocycles. The second-order valence-corrected chi connectivity index (χ2v) is 4.46. The third-order valence-electron chi connectivity index (χ3n) is 2.96. The van der Waals surface area contributed by atoms with Crippen LogP contribution < -0.4 is 5.32 Å². The number of hydrogen-bond acceptors (Lipinski definition) is 3.